The topological polar surface area (TPSA) is 72.3 Å². The van der Waals surface area contributed by atoms with E-state index in [-0.39, 0.29) is 19.0 Å². The highest BCUT2D eigenvalue weighted by Gasteiger charge is 2.13. The van der Waals surface area contributed by atoms with Crippen LogP contribution in [0.25, 0.3) is 21.9 Å². The van der Waals surface area contributed by atoms with E-state index in [0.29, 0.717) is 21.6 Å². The number of carbonyl (C=O) groups excluding carboxylic acids is 1. The van der Waals surface area contributed by atoms with Crippen molar-refractivity contribution in [3.05, 3.63) is 80.8 Å². The minimum absolute atomic E-state index is 0.0251. The fourth-order valence-electron chi connectivity index (χ4n) is 3.11. The van der Waals surface area contributed by atoms with Gasteiger partial charge in [0.25, 0.3) is 0 Å². The van der Waals surface area contributed by atoms with E-state index in [1.54, 1.807) is 18.3 Å². The molecule has 136 valence electrons. The number of rotatable bonds is 4. The summed E-state index contributed by atoms with van der Waals surface area (Å²) in [5.74, 6) is -0.376. The first-order valence-electron chi connectivity index (χ1n) is 8.45. The number of aromatic nitrogens is 1. The van der Waals surface area contributed by atoms with Crippen molar-refractivity contribution in [1.29, 1.82) is 0 Å². The molecular weight excluding hydrogens is 366 g/mol. The van der Waals surface area contributed by atoms with Crippen LogP contribution in [0.1, 0.15) is 16.7 Å². The summed E-state index contributed by atoms with van der Waals surface area (Å²) >= 11 is 6.18. The number of para-hydroxylation sites is 1. The van der Waals surface area contributed by atoms with Crippen LogP contribution in [-0.2, 0) is 22.6 Å². The quantitative estimate of drug-likeness (QED) is 0.416. The van der Waals surface area contributed by atoms with Gasteiger partial charge in [0.2, 0.25) is 0 Å². The Labute approximate surface area is 159 Å². The van der Waals surface area contributed by atoms with Gasteiger partial charge in [-0.3, -0.25) is 4.79 Å². The predicted molar refractivity (Wildman–Crippen MR) is 104 cm³/mol. The summed E-state index contributed by atoms with van der Waals surface area (Å²) in [7, 11) is 0. The van der Waals surface area contributed by atoms with E-state index in [1.807, 2.05) is 31.2 Å². The normalized spacial score (nSPS) is 11.2. The standard InChI is InChI=1S/C21H16ClNO4/c1-12-6-19-16(9-17(12)22)14(8-21(25)27-19)11-26-20(24)7-13-10-23-18-5-3-2-4-15(13)18/h2-6,8-10,23H,7,11H2,1H3. The number of halogens is 1. The molecule has 27 heavy (non-hydrogen) atoms. The second kappa shape index (κ2) is 6.93. The fraction of sp³-hybridized carbons (Fsp3) is 0.143. The Hall–Kier alpha value is -3.05. The Morgan fingerprint density at radius 1 is 1.15 bits per heavy atom. The molecule has 0 spiro atoms. The third-order valence-electron chi connectivity index (χ3n) is 4.51. The Morgan fingerprint density at radius 3 is 2.81 bits per heavy atom. The molecule has 0 fully saturated rings. The molecule has 0 amide bonds. The molecule has 2 aromatic carbocycles. The van der Waals surface area contributed by atoms with E-state index in [0.717, 1.165) is 22.0 Å². The minimum atomic E-state index is -0.494. The second-order valence-corrected chi connectivity index (χ2v) is 6.79. The van der Waals surface area contributed by atoms with Gasteiger partial charge in [-0.2, -0.15) is 0 Å². The number of esters is 1. The van der Waals surface area contributed by atoms with E-state index < -0.39 is 5.63 Å². The molecule has 2 aromatic heterocycles. The monoisotopic (exact) mass is 381 g/mol. The molecule has 0 aliphatic heterocycles. The van der Waals surface area contributed by atoms with E-state index in [2.05, 4.69) is 4.98 Å². The van der Waals surface area contributed by atoms with Crippen molar-refractivity contribution in [3.63, 3.8) is 0 Å². The molecule has 0 aliphatic rings. The molecule has 4 aromatic rings. The van der Waals surface area contributed by atoms with Gasteiger partial charge in [-0.15, -0.1) is 0 Å². The molecule has 0 saturated carbocycles. The average Bonchev–Trinajstić information content (AvgIpc) is 3.04. The maximum atomic E-state index is 12.3. The number of ether oxygens (including phenoxy) is 1. The summed E-state index contributed by atoms with van der Waals surface area (Å²) in [6, 6.07) is 12.5. The van der Waals surface area contributed by atoms with E-state index in [4.69, 9.17) is 20.8 Å². The van der Waals surface area contributed by atoms with Crippen LogP contribution in [0, 0.1) is 6.92 Å². The molecule has 4 rings (SSSR count). The third-order valence-corrected chi connectivity index (χ3v) is 4.91. The third kappa shape index (κ3) is 3.46. The molecule has 0 aliphatic carbocycles. The van der Waals surface area contributed by atoms with Crippen molar-refractivity contribution in [3.8, 4) is 0 Å². The number of nitrogens with one attached hydrogen (secondary N) is 1. The number of aryl methyl sites for hydroxylation is 1. The maximum Gasteiger partial charge on any atom is 0.336 e. The Bertz CT molecular complexity index is 1220. The van der Waals surface area contributed by atoms with Crippen LogP contribution in [0.3, 0.4) is 0 Å². The predicted octanol–water partition coefficient (Wildman–Crippen LogP) is 4.52. The molecule has 0 bridgehead atoms. The summed E-state index contributed by atoms with van der Waals surface area (Å²) in [4.78, 5) is 27.2. The summed E-state index contributed by atoms with van der Waals surface area (Å²) in [6.07, 6.45) is 1.95. The zero-order valence-corrected chi connectivity index (χ0v) is 15.3. The van der Waals surface area contributed by atoms with Crippen LogP contribution in [0.5, 0.6) is 0 Å². The van der Waals surface area contributed by atoms with Gasteiger partial charge in [-0.05, 0) is 36.2 Å². The fourth-order valence-corrected chi connectivity index (χ4v) is 3.27. The highest BCUT2D eigenvalue weighted by molar-refractivity contribution is 6.32. The summed E-state index contributed by atoms with van der Waals surface area (Å²) in [6.45, 7) is 1.80. The van der Waals surface area contributed by atoms with Gasteiger partial charge in [0, 0.05) is 39.1 Å². The average molecular weight is 382 g/mol. The lowest BCUT2D eigenvalue weighted by molar-refractivity contribution is -0.144. The van der Waals surface area contributed by atoms with Gasteiger partial charge in [-0.1, -0.05) is 29.8 Å². The highest BCUT2D eigenvalue weighted by Crippen LogP contribution is 2.26. The molecule has 2 heterocycles. The second-order valence-electron chi connectivity index (χ2n) is 6.39. The molecule has 5 nitrogen and oxygen atoms in total. The van der Waals surface area contributed by atoms with E-state index in [1.165, 1.54) is 6.07 Å². The number of carbonyl (C=O) groups is 1. The van der Waals surface area contributed by atoms with Crippen LogP contribution in [-0.4, -0.2) is 11.0 Å². The van der Waals surface area contributed by atoms with Crippen LogP contribution < -0.4 is 5.63 Å². The summed E-state index contributed by atoms with van der Waals surface area (Å²) in [5.41, 5.74) is 3.14. The Balaban J connectivity index is 1.55. The molecular formula is C21H16ClNO4. The van der Waals surface area contributed by atoms with Crippen LogP contribution in [0.15, 0.2) is 57.9 Å². The Kier molecular flexibility index (Phi) is 4.46. The number of benzene rings is 2. The number of aromatic amines is 1. The number of hydrogen-bond acceptors (Lipinski definition) is 4. The zero-order valence-electron chi connectivity index (χ0n) is 14.5. The van der Waals surface area contributed by atoms with E-state index in [9.17, 15) is 9.59 Å². The SMILES string of the molecule is Cc1cc2oc(=O)cc(COC(=O)Cc3c[nH]c4ccccc34)c2cc1Cl. The lowest BCUT2D eigenvalue weighted by Gasteiger charge is -2.08. The number of fused-ring (bicyclic) bond motifs is 2. The molecule has 0 saturated heterocycles. The van der Waals surface area contributed by atoms with Gasteiger partial charge in [0.15, 0.2) is 0 Å². The zero-order chi connectivity index (χ0) is 19.0. The number of hydrogen-bond donors (Lipinski definition) is 1. The molecule has 6 heteroatoms. The smallest absolute Gasteiger partial charge is 0.336 e. The van der Waals surface area contributed by atoms with Gasteiger partial charge in [0.1, 0.15) is 12.2 Å². The minimum Gasteiger partial charge on any atom is -0.461 e. The van der Waals surface area contributed by atoms with Crippen molar-refractivity contribution in [1.82, 2.24) is 4.98 Å². The van der Waals surface area contributed by atoms with Gasteiger partial charge in [-0.25, -0.2) is 4.79 Å². The number of H-pyrrole nitrogens is 1. The van der Waals surface area contributed by atoms with Crippen LogP contribution >= 0.6 is 11.6 Å². The first kappa shape index (κ1) is 17.4. The molecule has 1 N–H and O–H groups in total. The summed E-state index contributed by atoms with van der Waals surface area (Å²) in [5, 5.41) is 2.20. The van der Waals surface area contributed by atoms with Crippen LogP contribution in [0.4, 0.5) is 0 Å². The van der Waals surface area contributed by atoms with Gasteiger partial charge < -0.3 is 14.1 Å². The lowest BCUT2D eigenvalue weighted by atomic mass is 10.1. The van der Waals surface area contributed by atoms with Crippen molar-refractivity contribution in [2.45, 2.75) is 20.0 Å². The maximum absolute atomic E-state index is 12.3. The first-order valence-corrected chi connectivity index (χ1v) is 8.82. The lowest BCUT2D eigenvalue weighted by Crippen LogP contribution is -2.09. The van der Waals surface area contributed by atoms with Crippen molar-refractivity contribution in [2.24, 2.45) is 0 Å². The highest BCUT2D eigenvalue weighted by atomic mass is 35.5. The van der Waals surface area contributed by atoms with Crippen molar-refractivity contribution in [2.75, 3.05) is 0 Å². The van der Waals surface area contributed by atoms with Gasteiger partial charge in [0.05, 0.1) is 6.42 Å². The van der Waals surface area contributed by atoms with E-state index >= 15 is 0 Å². The van der Waals surface area contributed by atoms with Crippen LogP contribution in [0.2, 0.25) is 5.02 Å². The first-order chi connectivity index (χ1) is 13.0. The van der Waals surface area contributed by atoms with Crippen molar-refractivity contribution >= 4 is 39.4 Å². The molecule has 0 unspecified atom stereocenters. The van der Waals surface area contributed by atoms with Gasteiger partial charge >= 0.3 is 11.6 Å². The summed E-state index contributed by atoms with van der Waals surface area (Å²) < 4.78 is 10.6. The molecule has 0 radical (unpaired) electrons. The Morgan fingerprint density at radius 2 is 1.96 bits per heavy atom. The largest absolute Gasteiger partial charge is 0.461 e. The van der Waals surface area contributed by atoms with Crippen molar-refractivity contribution < 1.29 is 13.9 Å². The molecule has 0 atom stereocenters.